The maximum Gasteiger partial charge on any atom is 0.360 e. The molecular formula is C14H14N6O3. The van der Waals surface area contributed by atoms with Crippen molar-refractivity contribution >= 4 is 28.6 Å². The van der Waals surface area contributed by atoms with Crippen molar-refractivity contribution < 1.29 is 14.3 Å². The molecule has 118 valence electrons. The highest BCUT2D eigenvalue weighted by Gasteiger charge is 2.19. The minimum absolute atomic E-state index is 0.0317. The van der Waals surface area contributed by atoms with E-state index < -0.39 is 5.97 Å². The molecule has 1 N–H and O–H groups in total. The summed E-state index contributed by atoms with van der Waals surface area (Å²) in [5, 5.41) is 14.5. The van der Waals surface area contributed by atoms with Crippen LogP contribution in [0.15, 0.2) is 30.5 Å². The van der Waals surface area contributed by atoms with Crippen LogP contribution in [0.1, 0.15) is 10.5 Å². The van der Waals surface area contributed by atoms with Crippen LogP contribution in [0.5, 0.6) is 0 Å². The third-order valence-corrected chi connectivity index (χ3v) is 3.20. The number of benzene rings is 1. The third kappa shape index (κ3) is 2.89. The second-order valence-corrected chi connectivity index (χ2v) is 4.84. The summed E-state index contributed by atoms with van der Waals surface area (Å²) in [5.41, 5.74) is 1.79. The number of nitrogens with zero attached hydrogens (tertiary/aromatic N) is 5. The molecule has 0 saturated carbocycles. The van der Waals surface area contributed by atoms with Gasteiger partial charge in [0, 0.05) is 13.2 Å². The smallest absolute Gasteiger partial charge is 0.360 e. The summed E-state index contributed by atoms with van der Waals surface area (Å²) >= 11 is 0. The van der Waals surface area contributed by atoms with E-state index in [1.807, 2.05) is 24.3 Å². The minimum atomic E-state index is -0.618. The van der Waals surface area contributed by atoms with E-state index in [0.717, 1.165) is 5.52 Å². The summed E-state index contributed by atoms with van der Waals surface area (Å²) in [6, 6.07) is 7.33. The Morgan fingerprint density at radius 3 is 2.87 bits per heavy atom. The van der Waals surface area contributed by atoms with Gasteiger partial charge in [0.05, 0.1) is 18.3 Å². The first-order valence-electron chi connectivity index (χ1n) is 6.78. The van der Waals surface area contributed by atoms with Gasteiger partial charge in [-0.25, -0.2) is 9.48 Å². The van der Waals surface area contributed by atoms with Crippen molar-refractivity contribution in [3.63, 3.8) is 0 Å². The average molecular weight is 314 g/mol. The number of ether oxygens (including phenoxy) is 1. The number of methoxy groups -OCH3 is 1. The fraction of sp³-hybridized carbons (Fsp3) is 0.214. The molecule has 0 spiro atoms. The molecule has 0 atom stereocenters. The Hall–Kier alpha value is -3.23. The summed E-state index contributed by atoms with van der Waals surface area (Å²) < 4.78 is 7.55. The zero-order valence-corrected chi connectivity index (χ0v) is 12.6. The van der Waals surface area contributed by atoms with Crippen molar-refractivity contribution in [3.05, 3.63) is 36.2 Å². The molecule has 1 amide bonds. The molecule has 0 saturated heterocycles. The van der Waals surface area contributed by atoms with Crippen molar-refractivity contribution in [3.8, 4) is 0 Å². The van der Waals surface area contributed by atoms with Crippen molar-refractivity contribution in [1.29, 1.82) is 0 Å². The number of anilines is 1. The Bertz CT molecular complexity index is 882. The van der Waals surface area contributed by atoms with Crippen molar-refractivity contribution in [2.75, 3.05) is 12.4 Å². The Kier molecular flexibility index (Phi) is 3.75. The molecule has 9 heteroatoms. The third-order valence-electron chi connectivity index (χ3n) is 3.20. The predicted molar refractivity (Wildman–Crippen MR) is 80.7 cm³/mol. The largest absolute Gasteiger partial charge is 0.464 e. The Morgan fingerprint density at radius 1 is 1.30 bits per heavy atom. The molecule has 2 aromatic heterocycles. The molecule has 0 aliphatic heterocycles. The van der Waals surface area contributed by atoms with Gasteiger partial charge in [0.15, 0.2) is 5.69 Å². The maximum atomic E-state index is 12.2. The molecule has 2 heterocycles. The van der Waals surface area contributed by atoms with Crippen LogP contribution in [0, 0.1) is 0 Å². The number of hydrogen-bond donors (Lipinski definition) is 1. The van der Waals surface area contributed by atoms with Crippen molar-refractivity contribution in [1.82, 2.24) is 24.8 Å². The molecule has 0 aliphatic carbocycles. The van der Waals surface area contributed by atoms with Gasteiger partial charge in [0.25, 0.3) is 0 Å². The number of fused-ring (bicyclic) bond motifs is 1. The minimum Gasteiger partial charge on any atom is -0.464 e. The molecule has 3 aromatic rings. The molecule has 1 aromatic carbocycles. The molecule has 0 radical (unpaired) electrons. The molecule has 0 unspecified atom stereocenters. The highest BCUT2D eigenvalue weighted by atomic mass is 16.5. The normalized spacial score (nSPS) is 10.7. The Morgan fingerprint density at radius 2 is 2.09 bits per heavy atom. The lowest BCUT2D eigenvalue weighted by atomic mass is 10.3. The summed E-state index contributed by atoms with van der Waals surface area (Å²) in [6.07, 6.45) is 1.53. The van der Waals surface area contributed by atoms with Crippen LogP contribution in [-0.4, -0.2) is 43.8 Å². The van der Waals surface area contributed by atoms with Crippen LogP contribution < -0.4 is 5.32 Å². The van der Waals surface area contributed by atoms with Gasteiger partial charge in [0.1, 0.15) is 12.1 Å². The summed E-state index contributed by atoms with van der Waals surface area (Å²) in [5.74, 6) is -0.967. The SMILES string of the molecule is COC(=O)c1nn(C)cc1NC(=O)Cn1nnc2ccccc21. The Labute approximate surface area is 130 Å². The molecule has 9 nitrogen and oxygen atoms in total. The highest BCUT2D eigenvalue weighted by Crippen LogP contribution is 2.15. The van der Waals surface area contributed by atoms with Gasteiger partial charge in [-0.3, -0.25) is 9.48 Å². The van der Waals surface area contributed by atoms with Crippen LogP contribution in [0.2, 0.25) is 0 Å². The van der Waals surface area contributed by atoms with Gasteiger partial charge >= 0.3 is 5.97 Å². The van der Waals surface area contributed by atoms with E-state index >= 15 is 0 Å². The number of carbonyl (C=O) groups excluding carboxylic acids is 2. The number of amides is 1. The van der Waals surface area contributed by atoms with Gasteiger partial charge in [-0.15, -0.1) is 5.10 Å². The lowest BCUT2D eigenvalue weighted by Crippen LogP contribution is -2.20. The number of rotatable bonds is 4. The maximum absolute atomic E-state index is 12.2. The van der Waals surface area contributed by atoms with Gasteiger partial charge < -0.3 is 10.1 Å². The number of aromatic nitrogens is 5. The van der Waals surface area contributed by atoms with Crippen LogP contribution in [0.4, 0.5) is 5.69 Å². The van der Waals surface area contributed by atoms with Crippen molar-refractivity contribution in [2.24, 2.45) is 7.05 Å². The number of aryl methyl sites for hydroxylation is 1. The van der Waals surface area contributed by atoms with E-state index in [2.05, 4.69) is 25.5 Å². The lowest BCUT2D eigenvalue weighted by Gasteiger charge is -2.05. The van der Waals surface area contributed by atoms with Gasteiger partial charge in [-0.2, -0.15) is 5.10 Å². The molecule has 0 aliphatic rings. The van der Waals surface area contributed by atoms with E-state index in [-0.39, 0.29) is 23.8 Å². The highest BCUT2D eigenvalue weighted by molar-refractivity contribution is 5.99. The molecule has 3 rings (SSSR count). The number of carbonyl (C=O) groups is 2. The molecule has 23 heavy (non-hydrogen) atoms. The average Bonchev–Trinajstić information content (AvgIpc) is 3.10. The number of hydrogen-bond acceptors (Lipinski definition) is 6. The van der Waals surface area contributed by atoms with E-state index in [0.29, 0.717) is 5.52 Å². The molecule has 0 bridgehead atoms. The van der Waals surface area contributed by atoms with Crippen molar-refractivity contribution in [2.45, 2.75) is 6.54 Å². The van der Waals surface area contributed by atoms with Gasteiger partial charge in [-0.1, -0.05) is 17.3 Å². The van der Waals surface area contributed by atoms with E-state index in [1.54, 1.807) is 7.05 Å². The first kappa shape index (κ1) is 14.7. The summed E-state index contributed by atoms with van der Waals surface area (Å²) in [4.78, 5) is 23.9. The first-order chi connectivity index (χ1) is 11.1. The summed E-state index contributed by atoms with van der Waals surface area (Å²) in [7, 11) is 2.90. The van der Waals surface area contributed by atoms with E-state index in [4.69, 9.17) is 0 Å². The topological polar surface area (TPSA) is 104 Å². The van der Waals surface area contributed by atoms with Crippen LogP contribution in [-0.2, 0) is 23.1 Å². The molecular weight excluding hydrogens is 300 g/mol. The standard InChI is InChI=1S/C14H14N6O3/c1-19-7-10(13(17-19)14(22)23-2)15-12(21)8-20-11-6-4-3-5-9(11)16-18-20/h3-7H,8H2,1-2H3,(H,15,21). The van der Waals surface area contributed by atoms with Crippen LogP contribution in [0.25, 0.3) is 11.0 Å². The number of esters is 1. The quantitative estimate of drug-likeness (QED) is 0.707. The predicted octanol–water partition coefficient (Wildman–Crippen LogP) is 0.590. The lowest BCUT2D eigenvalue weighted by molar-refractivity contribution is -0.116. The Balaban J connectivity index is 1.79. The van der Waals surface area contributed by atoms with Crippen LogP contribution in [0.3, 0.4) is 0 Å². The molecule has 0 fully saturated rings. The monoisotopic (exact) mass is 314 g/mol. The second kappa shape index (κ2) is 5.87. The second-order valence-electron chi connectivity index (χ2n) is 4.84. The van der Waals surface area contributed by atoms with E-state index in [9.17, 15) is 9.59 Å². The van der Waals surface area contributed by atoms with Gasteiger partial charge in [-0.05, 0) is 12.1 Å². The fourth-order valence-electron chi connectivity index (χ4n) is 2.19. The zero-order chi connectivity index (χ0) is 16.4. The van der Waals surface area contributed by atoms with Gasteiger partial charge in [0.2, 0.25) is 5.91 Å². The fourth-order valence-corrected chi connectivity index (χ4v) is 2.19. The van der Waals surface area contributed by atoms with E-state index in [1.165, 1.54) is 22.7 Å². The number of nitrogens with one attached hydrogen (secondary N) is 1. The van der Waals surface area contributed by atoms with Crippen LogP contribution >= 0.6 is 0 Å². The zero-order valence-electron chi connectivity index (χ0n) is 12.6. The summed E-state index contributed by atoms with van der Waals surface area (Å²) in [6.45, 7) is -0.0317. The first-order valence-corrected chi connectivity index (χ1v) is 6.78. The number of para-hydroxylation sites is 1.